The van der Waals surface area contributed by atoms with E-state index in [9.17, 15) is 24.8 Å². The molecule has 2 heterocycles. The zero-order valence-electron chi connectivity index (χ0n) is 24.7. The van der Waals surface area contributed by atoms with Gasteiger partial charge in [0.15, 0.2) is 0 Å². The first-order valence-corrected chi connectivity index (χ1v) is 15.3. The Hall–Kier alpha value is -3.76. The fraction of sp³-hybridized carbons (Fsp3) is 0.515. The molecule has 2 amide bonds. The van der Waals surface area contributed by atoms with Crippen molar-refractivity contribution in [3.05, 3.63) is 88.5 Å². The molecule has 2 aromatic carbocycles. The van der Waals surface area contributed by atoms with Crippen LogP contribution in [0.15, 0.2) is 67.3 Å². The molecule has 230 valence electrons. The largest absolute Gasteiger partial charge is 0.445 e. The number of hydrogen-bond donors (Lipinski definition) is 1. The molecule has 3 fully saturated rings. The Balaban J connectivity index is 1.19. The number of benzene rings is 2. The van der Waals surface area contributed by atoms with Crippen LogP contribution >= 0.6 is 0 Å². The lowest BCUT2D eigenvalue weighted by Gasteiger charge is -2.40. The lowest BCUT2D eigenvalue weighted by atomic mass is 9.83. The van der Waals surface area contributed by atoms with Crippen LogP contribution in [0.2, 0.25) is 0 Å². The minimum absolute atomic E-state index is 0.0111. The van der Waals surface area contributed by atoms with Gasteiger partial charge in [0.25, 0.3) is 5.69 Å². The molecular formula is C33H42N4O6. The van der Waals surface area contributed by atoms with Crippen molar-refractivity contribution in [2.75, 3.05) is 39.3 Å². The van der Waals surface area contributed by atoms with Crippen LogP contribution in [-0.2, 0) is 21.7 Å². The molecular weight excluding hydrogens is 548 g/mol. The Morgan fingerprint density at radius 3 is 2.37 bits per heavy atom. The van der Waals surface area contributed by atoms with E-state index in [1.54, 1.807) is 23.1 Å². The second-order valence-corrected chi connectivity index (χ2v) is 12.1. The topological polar surface area (TPSA) is 116 Å². The van der Waals surface area contributed by atoms with Gasteiger partial charge in [0, 0.05) is 62.7 Å². The summed E-state index contributed by atoms with van der Waals surface area (Å²) in [6.45, 7) is 7.24. The van der Waals surface area contributed by atoms with Gasteiger partial charge in [-0.2, -0.15) is 0 Å². The van der Waals surface area contributed by atoms with Crippen molar-refractivity contribution in [3.63, 3.8) is 0 Å². The van der Waals surface area contributed by atoms with E-state index in [4.69, 9.17) is 4.74 Å². The van der Waals surface area contributed by atoms with Gasteiger partial charge < -0.3 is 24.5 Å². The predicted octanol–water partition coefficient (Wildman–Crippen LogP) is 4.72. The third-order valence-corrected chi connectivity index (χ3v) is 9.38. The van der Waals surface area contributed by atoms with Crippen molar-refractivity contribution >= 4 is 17.7 Å². The normalized spacial score (nSPS) is 23.3. The number of carbonyl (C=O) groups excluding carboxylic acids is 2. The number of amides is 2. The Morgan fingerprint density at radius 2 is 1.74 bits per heavy atom. The van der Waals surface area contributed by atoms with E-state index in [2.05, 4.69) is 11.5 Å². The lowest BCUT2D eigenvalue weighted by molar-refractivity contribution is -0.384. The molecule has 0 aromatic heterocycles. The monoisotopic (exact) mass is 590 g/mol. The summed E-state index contributed by atoms with van der Waals surface area (Å²) in [5.74, 6) is 0.138. The molecule has 2 atom stereocenters. The van der Waals surface area contributed by atoms with E-state index >= 15 is 0 Å². The van der Waals surface area contributed by atoms with Gasteiger partial charge in [-0.1, -0.05) is 49.2 Å². The molecule has 3 aliphatic rings. The number of carbonyl (C=O) groups is 2. The van der Waals surface area contributed by atoms with Crippen LogP contribution in [0.5, 0.6) is 0 Å². The first-order valence-electron chi connectivity index (χ1n) is 15.3. The van der Waals surface area contributed by atoms with Gasteiger partial charge in [-0.3, -0.25) is 14.9 Å². The number of piperidine rings is 1. The minimum atomic E-state index is -1.11. The second kappa shape index (κ2) is 13.7. The predicted molar refractivity (Wildman–Crippen MR) is 162 cm³/mol. The number of nitro benzene ring substituents is 1. The molecule has 1 N–H and O–H groups in total. The van der Waals surface area contributed by atoms with Crippen LogP contribution in [0.3, 0.4) is 0 Å². The van der Waals surface area contributed by atoms with Crippen LogP contribution < -0.4 is 0 Å². The maximum absolute atomic E-state index is 13.4. The van der Waals surface area contributed by atoms with Crippen molar-refractivity contribution < 1.29 is 24.4 Å². The Morgan fingerprint density at radius 1 is 1.07 bits per heavy atom. The summed E-state index contributed by atoms with van der Waals surface area (Å²) >= 11 is 0. The van der Waals surface area contributed by atoms with Crippen LogP contribution in [0.1, 0.15) is 49.7 Å². The third-order valence-electron chi connectivity index (χ3n) is 9.38. The highest BCUT2D eigenvalue weighted by Gasteiger charge is 2.49. The van der Waals surface area contributed by atoms with Crippen molar-refractivity contribution in [2.24, 2.45) is 11.8 Å². The summed E-state index contributed by atoms with van der Waals surface area (Å²) in [5.41, 5.74) is 0.408. The highest BCUT2D eigenvalue weighted by atomic mass is 16.6. The Labute approximate surface area is 253 Å². The number of nitro groups is 1. The molecule has 10 heteroatoms. The van der Waals surface area contributed by atoms with E-state index in [0.717, 1.165) is 57.2 Å². The van der Waals surface area contributed by atoms with E-state index in [1.807, 2.05) is 35.2 Å². The summed E-state index contributed by atoms with van der Waals surface area (Å²) in [7, 11) is 0. The smallest absolute Gasteiger partial charge is 0.410 e. The van der Waals surface area contributed by atoms with E-state index in [0.29, 0.717) is 31.7 Å². The highest BCUT2D eigenvalue weighted by molar-refractivity contribution is 5.79. The van der Waals surface area contributed by atoms with Crippen LogP contribution in [0.4, 0.5) is 10.5 Å². The molecule has 5 rings (SSSR count). The van der Waals surface area contributed by atoms with Gasteiger partial charge in [0.1, 0.15) is 12.2 Å². The quantitative estimate of drug-likeness (QED) is 0.242. The van der Waals surface area contributed by atoms with Crippen LogP contribution in [0, 0.1) is 22.0 Å². The molecule has 1 unspecified atom stereocenters. The molecule has 1 aliphatic carbocycles. The van der Waals surface area contributed by atoms with Gasteiger partial charge in [0.05, 0.1) is 11.5 Å². The SMILES string of the molecule is C=CCN(C(=O)OCc1ccc([N+](=O)[O-])cc1)C1CCN(CC2CN(C(=O)C3CCCC3)C[C@]2(O)c2ccccc2)CC1. The fourth-order valence-corrected chi connectivity index (χ4v) is 6.94. The van der Waals surface area contributed by atoms with Crippen molar-refractivity contribution in [1.29, 1.82) is 0 Å². The maximum atomic E-state index is 13.4. The number of hydrogen-bond acceptors (Lipinski definition) is 7. The number of ether oxygens (including phenoxy) is 1. The minimum Gasteiger partial charge on any atom is -0.445 e. The Bertz CT molecular complexity index is 1270. The number of aliphatic hydroxyl groups is 1. The molecule has 0 radical (unpaired) electrons. The standard InChI is InChI=1S/C33H42N4O6/c1-2-18-36(32(39)43-23-25-12-14-30(15-13-25)37(41)42)29-16-19-34(20-17-29)21-28-22-35(31(38)26-8-6-7-9-26)24-33(28,40)27-10-4-3-5-11-27/h2-5,10-15,26,28-29,40H,1,6-9,16-24H2/t28?,33-/m0/s1. The summed E-state index contributed by atoms with van der Waals surface area (Å²) < 4.78 is 5.57. The van der Waals surface area contributed by atoms with Crippen molar-refractivity contribution in [2.45, 2.75) is 56.8 Å². The number of β-amino-alcohol motifs (C(OH)–C–C–N with tert-alkyl or cyclic N) is 1. The summed E-state index contributed by atoms with van der Waals surface area (Å²) in [6.07, 6.45) is 6.82. The molecule has 0 spiro atoms. The van der Waals surface area contributed by atoms with Crippen LogP contribution in [-0.4, -0.2) is 82.0 Å². The zero-order chi connectivity index (χ0) is 30.4. The summed E-state index contributed by atoms with van der Waals surface area (Å²) in [4.78, 5) is 42.8. The van der Waals surface area contributed by atoms with Gasteiger partial charge in [0.2, 0.25) is 5.91 Å². The molecule has 43 heavy (non-hydrogen) atoms. The fourth-order valence-electron chi connectivity index (χ4n) is 6.94. The highest BCUT2D eigenvalue weighted by Crippen LogP contribution is 2.40. The summed E-state index contributed by atoms with van der Waals surface area (Å²) in [5, 5.41) is 23.0. The molecule has 10 nitrogen and oxygen atoms in total. The van der Waals surface area contributed by atoms with E-state index < -0.39 is 16.6 Å². The van der Waals surface area contributed by atoms with Gasteiger partial charge >= 0.3 is 6.09 Å². The third kappa shape index (κ3) is 7.08. The number of nitrogens with zero attached hydrogens (tertiary/aromatic N) is 4. The first kappa shape index (κ1) is 30.7. The molecule has 2 aromatic rings. The summed E-state index contributed by atoms with van der Waals surface area (Å²) in [6, 6.07) is 15.7. The molecule has 1 saturated carbocycles. The number of rotatable bonds is 10. The molecule has 2 saturated heterocycles. The Kier molecular flexibility index (Phi) is 9.77. The van der Waals surface area contributed by atoms with Crippen molar-refractivity contribution in [1.82, 2.24) is 14.7 Å². The van der Waals surface area contributed by atoms with Crippen molar-refractivity contribution in [3.8, 4) is 0 Å². The van der Waals surface area contributed by atoms with E-state index in [1.165, 1.54) is 12.1 Å². The number of likely N-dealkylation sites (tertiary alicyclic amines) is 2. The number of non-ortho nitro benzene ring substituents is 1. The maximum Gasteiger partial charge on any atom is 0.410 e. The van der Waals surface area contributed by atoms with Gasteiger partial charge in [-0.05, 0) is 48.9 Å². The van der Waals surface area contributed by atoms with Gasteiger partial charge in [-0.25, -0.2) is 4.79 Å². The average molecular weight is 591 g/mol. The molecule has 2 aliphatic heterocycles. The van der Waals surface area contributed by atoms with Crippen LogP contribution in [0.25, 0.3) is 0 Å². The lowest BCUT2D eigenvalue weighted by Crippen LogP contribution is -2.50. The first-order chi connectivity index (χ1) is 20.8. The van der Waals surface area contributed by atoms with E-state index in [-0.39, 0.29) is 36.1 Å². The molecule has 0 bridgehead atoms. The zero-order valence-corrected chi connectivity index (χ0v) is 24.7. The second-order valence-electron chi connectivity index (χ2n) is 12.1. The van der Waals surface area contributed by atoms with Gasteiger partial charge in [-0.15, -0.1) is 6.58 Å². The average Bonchev–Trinajstić information content (AvgIpc) is 3.69.